The second-order valence-electron chi connectivity index (χ2n) is 3.35. The molecule has 1 aromatic rings. The minimum Gasteiger partial charge on any atom is -0.506 e. The second-order valence-corrected chi connectivity index (χ2v) is 5.06. The van der Waals surface area contributed by atoms with Crippen molar-refractivity contribution in [2.75, 3.05) is 6.54 Å². The highest BCUT2D eigenvalue weighted by Crippen LogP contribution is 2.34. The molecule has 0 saturated heterocycles. The van der Waals surface area contributed by atoms with Gasteiger partial charge in [0.05, 0.1) is 14.7 Å². The maximum Gasteiger partial charge on any atom is 0.229 e. The highest BCUT2D eigenvalue weighted by molar-refractivity contribution is 9.11. The van der Waals surface area contributed by atoms with Gasteiger partial charge in [-0.3, -0.25) is 4.79 Å². The van der Waals surface area contributed by atoms with Crippen LogP contribution in [0.1, 0.15) is 12.0 Å². The molecule has 1 aromatic carbocycles. The summed E-state index contributed by atoms with van der Waals surface area (Å²) < 4.78 is 1.20. The van der Waals surface area contributed by atoms with E-state index in [1.54, 1.807) is 12.1 Å². The molecule has 0 fully saturated rings. The van der Waals surface area contributed by atoms with Crippen LogP contribution in [0.4, 0.5) is 0 Å². The maximum absolute atomic E-state index is 10.5. The van der Waals surface area contributed by atoms with E-state index in [9.17, 15) is 9.90 Å². The van der Waals surface area contributed by atoms with Gasteiger partial charge in [-0.1, -0.05) is 0 Å². The summed E-state index contributed by atoms with van der Waals surface area (Å²) in [6, 6.07) is 3.57. The van der Waals surface area contributed by atoms with Gasteiger partial charge in [-0.05, 0) is 44.0 Å². The lowest BCUT2D eigenvalue weighted by atomic mass is 10.1. The van der Waals surface area contributed by atoms with Crippen molar-refractivity contribution in [3.05, 3.63) is 26.6 Å². The number of phenols is 1. The Balaban J connectivity index is 2.39. The van der Waals surface area contributed by atoms with Crippen LogP contribution in [0.5, 0.6) is 5.75 Å². The molecule has 6 heteroatoms. The zero-order valence-electron chi connectivity index (χ0n) is 8.15. The molecule has 0 unspecified atom stereocenters. The molecular weight excluding hydrogens is 340 g/mol. The number of aromatic hydroxyl groups is 1. The third-order valence-electron chi connectivity index (χ3n) is 2.30. The van der Waals surface area contributed by atoms with Crippen molar-refractivity contribution in [3.63, 3.8) is 0 Å². The Hall–Kier alpha value is -0.880. The van der Waals surface area contributed by atoms with Gasteiger partial charge in [-0.2, -0.15) is 5.10 Å². The number of carbonyl (C=O) groups excluding carboxylic acids is 1. The van der Waals surface area contributed by atoms with Gasteiger partial charge in [0.2, 0.25) is 6.41 Å². The fourth-order valence-corrected chi connectivity index (χ4v) is 2.67. The van der Waals surface area contributed by atoms with Crippen LogP contribution in [0.15, 0.2) is 26.2 Å². The van der Waals surface area contributed by atoms with E-state index in [0.29, 0.717) is 21.9 Å². The van der Waals surface area contributed by atoms with E-state index >= 15 is 0 Å². The average molecular weight is 348 g/mol. The number of hydrogen-bond acceptors (Lipinski definition) is 3. The van der Waals surface area contributed by atoms with Crippen LogP contribution in [0.2, 0.25) is 0 Å². The highest BCUT2D eigenvalue weighted by Gasteiger charge is 2.17. The molecule has 1 N–H and O–H groups in total. The molecule has 0 aliphatic carbocycles. The number of halogens is 2. The summed E-state index contributed by atoms with van der Waals surface area (Å²) in [5, 5.41) is 15.1. The van der Waals surface area contributed by atoms with Gasteiger partial charge >= 0.3 is 0 Å². The predicted molar refractivity (Wildman–Crippen MR) is 67.4 cm³/mol. The second kappa shape index (κ2) is 4.55. The Labute approximate surface area is 109 Å². The lowest BCUT2D eigenvalue weighted by Gasteiger charge is -2.04. The summed E-state index contributed by atoms with van der Waals surface area (Å²) in [5.41, 5.74) is 1.73. The standard InChI is InChI=1S/C10H8Br2N2O2/c11-7-3-6(4-8(12)10(7)16)9-1-2-14(5-15)13-9/h3-5,16H,1-2H2. The van der Waals surface area contributed by atoms with Crippen LogP contribution >= 0.6 is 31.9 Å². The lowest BCUT2D eigenvalue weighted by molar-refractivity contribution is -0.117. The molecule has 0 spiro atoms. The first kappa shape index (κ1) is 11.6. The van der Waals surface area contributed by atoms with Crippen molar-refractivity contribution in [1.82, 2.24) is 5.01 Å². The quantitative estimate of drug-likeness (QED) is 0.835. The van der Waals surface area contributed by atoms with Crippen LogP contribution < -0.4 is 0 Å². The molecule has 1 amide bonds. The third-order valence-corrected chi connectivity index (χ3v) is 3.51. The number of carbonyl (C=O) groups is 1. The Morgan fingerprint density at radius 2 is 2.00 bits per heavy atom. The molecule has 84 valence electrons. The molecule has 1 heterocycles. The number of amides is 1. The average Bonchev–Trinajstić information content (AvgIpc) is 2.73. The van der Waals surface area contributed by atoms with Crippen molar-refractivity contribution in [2.45, 2.75) is 6.42 Å². The summed E-state index contributed by atoms with van der Waals surface area (Å²) in [6.07, 6.45) is 1.43. The Kier molecular flexibility index (Phi) is 3.30. The summed E-state index contributed by atoms with van der Waals surface area (Å²) in [6.45, 7) is 0.606. The van der Waals surface area contributed by atoms with E-state index in [2.05, 4.69) is 37.0 Å². The molecular formula is C10H8Br2N2O2. The van der Waals surface area contributed by atoms with Crippen molar-refractivity contribution < 1.29 is 9.90 Å². The molecule has 0 atom stereocenters. The fourth-order valence-electron chi connectivity index (χ4n) is 1.49. The number of hydrazone groups is 1. The van der Waals surface area contributed by atoms with E-state index in [1.165, 1.54) is 5.01 Å². The molecule has 1 aliphatic heterocycles. The zero-order chi connectivity index (χ0) is 11.7. The van der Waals surface area contributed by atoms with E-state index in [4.69, 9.17) is 0 Å². The first-order valence-corrected chi connectivity index (χ1v) is 6.18. The van der Waals surface area contributed by atoms with Crippen molar-refractivity contribution in [3.8, 4) is 5.75 Å². The first-order chi connectivity index (χ1) is 7.61. The van der Waals surface area contributed by atoms with Gasteiger partial charge in [0.15, 0.2) is 0 Å². The summed E-state index contributed by atoms with van der Waals surface area (Å²) in [7, 11) is 0. The highest BCUT2D eigenvalue weighted by atomic mass is 79.9. The molecule has 0 radical (unpaired) electrons. The van der Waals surface area contributed by atoms with Crippen LogP contribution in [0, 0.1) is 0 Å². The van der Waals surface area contributed by atoms with Gasteiger partial charge in [0.1, 0.15) is 5.75 Å². The molecule has 2 rings (SSSR count). The van der Waals surface area contributed by atoms with E-state index < -0.39 is 0 Å². The van der Waals surface area contributed by atoms with Gasteiger partial charge < -0.3 is 5.11 Å². The Bertz CT molecular complexity index is 451. The van der Waals surface area contributed by atoms with Gasteiger partial charge in [0, 0.05) is 18.5 Å². The molecule has 0 aromatic heterocycles. The normalized spacial score (nSPS) is 15.1. The van der Waals surface area contributed by atoms with Crippen molar-refractivity contribution >= 4 is 44.0 Å². The minimum atomic E-state index is 0.162. The third kappa shape index (κ3) is 2.12. The largest absolute Gasteiger partial charge is 0.506 e. The van der Waals surface area contributed by atoms with Gasteiger partial charge in [0.25, 0.3) is 0 Å². The van der Waals surface area contributed by atoms with Crippen molar-refractivity contribution in [1.29, 1.82) is 0 Å². The number of hydrogen-bond donors (Lipinski definition) is 1. The van der Waals surface area contributed by atoms with E-state index in [-0.39, 0.29) is 5.75 Å². The number of nitrogens with zero attached hydrogens (tertiary/aromatic N) is 2. The Morgan fingerprint density at radius 3 is 2.50 bits per heavy atom. The molecule has 16 heavy (non-hydrogen) atoms. The number of benzene rings is 1. The molecule has 1 aliphatic rings. The monoisotopic (exact) mass is 346 g/mol. The molecule has 4 nitrogen and oxygen atoms in total. The molecule has 0 saturated carbocycles. The van der Waals surface area contributed by atoms with Gasteiger partial charge in [-0.15, -0.1) is 0 Å². The first-order valence-electron chi connectivity index (χ1n) is 4.59. The van der Waals surface area contributed by atoms with Crippen LogP contribution in [-0.4, -0.2) is 28.8 Å². The van der Waals surface area contributed by atoms with Crippen molar-refractivity contribution in [2.24, 2.45) is 5.10 Å². The smallest absolute Gasteiger partial charge is 0.229 e. The lowest BCUT2D eigenvalue weighted by Crippen LogP contribution is -2.09. The summed E-state index contributed by atoms with van der Waals surface area (Å²) in [4.78, 5) is 10.5. The van der Waals surface area contributed by atoms with Crippen LogP contribution in [-0.2, 0) is 4.79 Å². The number of phenolic OH excluding ortho intramolecular Hbond substituents is 1. The topological polar surface area (TPSA) is 52.9 Å². The summed E-state index contributed by atoms with van der Waals surface area (Å²) in [5.74, 6) is 0.162. The maximum atomic E-state index is 10.5. The fraction of sp³-hybridized carbons (Fsp3) is 0.200. The number of rotatable bonds is 2. The summed E-state index contributed by atoms with van der Waals surface area (Å²) >= 11 is 6.52. The Morgan fingerprint density at radius 1 is 1.38 bits per heavy atom. The zero-order valence-corrected chi connectivity index (χ0v) is 11.3. The molecule has 0 bridgehead atoms. The SMILES string of the molecule is O=CN1CCC(c2cc(Br)c(O)c(Br)c2)=N1. The van der Waals surface area contributed by atoms with Crippen LogP contribution in [0.25, 0.3) is 0 Å². The van der Waals surface area contributed by atoms with Gasteiger partial charge in [-0.25, -0.2) is 5.01 Å². The predicted octanol–water partition coefficient (Wildman–Crippen LogP) is 2.48. The minimum absolute atomic E-state index is 0.162. The van der Waals surface area contributed by atoms with E-state index in [0.717, 1.165) is 17.7 Å². The van der Waals surface area contributed by atoms with E-state index in [1.807, 2.05) is 0 Å². The van der Waals surface area contributed by atoms with Crippen LogP contribution in [0.3, 0.4) is 0 Å².